The van der Waals surface area contributed by atoms with Gasteiger partial charge in [-0.25, -0.2) is 13.1 Å². The average molecular weight is 294 g/mol. The number of ether oxygens (including phenoxy) is 1. The van der Waals surface area contributed by atoms with Gasteiger partial charge in [-0.3, -0.25) is 0 Å². The Kier molecular flexibility index (Phi) is 4.56. The smallest absolute Gasteiger partial charge is 0.240 e. The molecule has 0 saturated heterocycles. The molecule has 84 valence electrons. The van der Waals surface area contributed by atoms with E-state index in [4.69, 9.17) is 4.74 Å². The molecule has 0 aliphatic carbocycles. The maximum atomic E-state index is 11.6. The van der Waals surface area contributed by atoms with E-state index >= 15 is 0 Å². The summed E-state index contributed by atoms with van der Waals surface area (Å²) >= 11 is 3.15. The van der Waals surface area contributed by atoms with Crippen molar-refractivity contribution in [1.82, 2.24) is 4.72 Å². The Balaban J connectivity index is 2.86. The van der Waals surface area contributed by atoms with Crippen molar-refractivity contribution in [3.8, 4) is 5.75 Å². The van der Waals surface area contributed by atoms with Crippen LogP contribution in [0.5, 0.6) is 5.75 Å². The van der Waals surface area contributed by atoms with Crippen LogP contribution in [0, 0.1) is 0 Å². The Labute approximate surface area is 97.8 Å². The summed E-state index contributed by atoms with van der Waals surface area (Å²) in [4.78, 5) is 0.240. The maximum absolute atomic E-state index is 11.6. The predicted molar refractivity (Wildman–Crippen MR) is 62.0 cm³/mol. The molecule has 0 amide bonds. The van der Waals surface area contributed by atoms with Crippen molar-refractivity contribution in [3.05, 3.63) is 24.3 Å². The first-order chi connectivity index (χ1) is 7.10. The standard InChI is InChI=1S/C9H12BrNO3S/c1-14-8-2-4-9(5-3-8)15(12,13)11-7-6-10/h2-5,11H,6-7H2,1H3. The Morgan fingerprint density at radius 2 is 1.93 bits per heavy atom. The van der Waals surface area contributed by atoms with Crippen LogP contribution in [0.1, 0.15) is 0 Å². The lowest BCUT2D eigenvalue weighted by atomic mass is 10.3. The first-order valence-corrected chi connectivity index (χ1v) is 6.90. The Morgan fingerprint density at radius 3 is 2.40 bits per heavy atom. The zero-order valence-corrected chi connectivity index (χ0v) is 10.6. The van der Waals surface area contributed by atoms with E-state index in [1.165, 1.54) is 19.2 Å². The largest absolute Gasteiger partial charge is 0.497 e. The fourth-order valence-corrected chi connectivity index (χ4v) is 2.50. The summed E-state index contributed by atoms with van der Waals surface area (Å²) in [5, 5.41) is 0.586. The highest BCUT2D eigenvalue weighted by Crippen LogP contribution is 2.14. The zero-order chi connectivity index (χ0) is 11.3. The molecule has 0 fully saturated rings. The van der Waals surface area contributed by atoms with E-state index in [1.807, 2.05) is 0 Å². The second-order valence-electron chi connectivity index (χ2n) is 2.76. The number of rotatable bonds is 5. The number of alkyl halides is 1. The monoisotopic (exact) mass is 293 g/mol. The topological polar surface area (TPSA) is 55.4 Å². The third-order valence-corrected chi connectivity index (χ3v) is 3.63. The molecule has 0 aliphatic heterocycles. The zero-order valence-electron chi connectivity index (χ0n) is 8.23. The van der Waals surface area contributed by atoms with E-state index < -0.39 is 10.0 Å². The first kappa shape index (κ1) is 12.5. The van der Waals surface area contributed by atoms with Crippen molar-refractivity contribution < 1.29 is 13.2 Å². The van der Waals surface area contributed by atoms with Gasteiger partial charge < -0.3 is 4.74 Å². The van der Waals surface area contributed by atoms with Gasteiger partial charge in [0.05, 0.1) is 12.0 Å². The van der Waals surface area contributed by atoms with Gasteiger partial charge in [0, 0.05) is 11.9 Å². The van der Waals surface area contributed by atoms with E-state index in [0.29, 0.717) is 17.6 Å². The molecule has 1 aromatic rings. The summed E-state index contributed by atoms with van der Waals surface area (Å²) < 4.78 is 30.6. The molecule has 0 aromatic heterocycles. The number of sulfonamides is 1. The van der Waals surface area contributed by atoms with E-state index in [1.54, 1.807) is 12.1 Å². The molecule has 0 aliphatic rings. The van der Waals surface area contributed by atoms with Gasteiger partial charge in [0.2, 0.25) is 10.0 Å². The highest BCUT2D eigenvalue weighted by Gasteiger charge is 2.12. The van der Waals surface area contributed by atoms with Crippen LogP contribution in [0.2, 0.25) is 0 Å². The molecule has 4 nitrogen and oxygen atoms in total. The van der Waals surface area contributed by atoms with Crippen LogP contribution in [0.15, 0.2) is 29.2 Å². The van der Waals surface area contributed by atoms with Crippen molar-refractivity contribution in [2.45, 2.75) is 4.90 Å². The van der Waals surface area contributed by atoms with Gasteiger partial charge in [-0.1, -0.05) is 15.9 Å². The van der Waals surface area contributed by atoms with Gasteiger partial charge in [0.15, 0.2) is 0 Å². The number of hydrogen-bond donors (Lipinski definition) is 1. The predicted octanol–water partition coefficient (Wildman–Crippen LogP) is 1.37. The lowest BCUT2D eigenvalue weighted by molar-refractivity contribution is 0.414. The summed E-state index contributed by atoms with van der Waals surface area (Å²) in [6.07, 6.45) is 0. The van der Waals surface area contributed by atoms with Gasteiger partial charge in [0.25, 0.3) is 0 Å². The van der Waals surface area contributed by atoms with E-state index in [2.05, 4.69) is 20.7 Å². The number of nitrogens with one attached hydrogen (secondary N) is 1. The Bertz CT molecular complexity index is 402. The van der Waals surface area contributed by atoms with Crippen LogP contribution in [-0.4, -0.2) is 27.4 Å². The number of methoxy groups -OCH3 is 1. The van der Waals surface area contributed by atoms with Crippen molar-refractivity contribution >= 4 is 26.0 Å². The van der Waals surface area contributed by atoms with Crippen molar-refractivity contribution in [3.63, 3.8) is 0 Å². The number of halogens is 1. The molecule has 1 rings (SSSR count). The molecule has 0 saturated carbocycles. The quantitative estimate of drug-likeness (QED) is 0.834. The van der Waals surface area contributed by atoms with E-state index in [0.717, 1.165) is 0 Å². The summed E-state index contributed by atoms with van der Waals surface area (Å²) in [6, 6.07) is 6.25. The third kappa shape index (κ3) is 3.48. The second-order valence-corrected chi connectivity index (χ2v) is 5.32. The normalized spacial score (nSPS) is 11.3. The maximum Gasteiger partial charge on any atom is 0.240 e. The van der Waals surface area contributed by atoms with Gasteiger partial charge in [-0.2, -0.15) is 0 Å². The van der Waals surface area contributed by atoms with Gasteiger partial charge >= 0.3 is 0 Å². The van der Waals surface area contributed by atoms with Crippen molar-refractivity contribution in [1.29, 1.82) is 0 Å². The minimum atomic E-state index is -3.38. The molecular formula is C9H12BrNO3S. The molecule has 6 heteroatoms. The first-order valence-electron chi connectivity index (χ1n) is 4.30. The SMILES string of the molecule is COc1ccc(S(=O)(=O)NCCBr)cc1. The molecule has 0 unspecified atom stereocenters. The van der Waals surface area contributed by atoms with E-state index in [-0.39, 0.29) is 4.90 Å². The molecule has 0 spiro atoms. The molecule has 0 radical (unpaired) electrons. The summed E-state index contributed by atoms with van der Waals surface area (Å²) in [7, 11) is -1.85. The fourth-order valence-electron chi connectivity index (χ4n) is 1.01. The van der Waals surface area contributed by atoms with Crippen LogP contribution in [0.4, 0.5) is 0 Å². The lowest BCUT2D eigenvalue weighted by Crippen LogP contribution is -2.25. The van der Waals surface area contributed by atoms with Gasteiger partial charge in [-0.15, -0.1) is 0 Å². The van der Waals surface area contributed by atoms with Crippen LogP contribution < -0.4 is 9.46 Å². The number of hydrogen-bond acceptors (Lipinski definition) is 3. The summed E-state index contributed by atoms with van der Waals surface area (Å²) in [6.45, 7) is 0.369. The molecule has 0 bridgehead atoms. The fraction of sp³-hybridized carbons (Fsp3) is 0.333. The summed E-state index contributed by atoms with van der Waals surface area (Å²) in [5.41, 5.74) is 0. The van der Waals surface area contributed by atoms with Crippen LogP contribution in [0.3, 0.4) is 0 Å². The molecular weight excluding hydrogens is 282 g/mol. The lowest BCUT2D eigenvalue weighted by Gasteiger charge is -2.05. The van der Waals surface area contributed by atoms with Gasteiger partial charge in [-0.05, 0) is 24.3 Å². The Morgan fingerprint density at radius 1 is 1.33 bits per heavy atom. The van der Waals surface area contributed by atoms with Gasteiger partial charge in [0.1, 0.15) is 5.75 Å². The molecule has 15 heavy (non-hydrogen) atoms. The summed E-state index contributed by atoms with van der Waals surface area (Å²) in [5.74, 6) is 0.634. The number of benzene rings is 1. The third-order valence-electron chi connectivity index (χ3n) is 1.76. The Hall–Kier alpha value is -0.590. The van der Waals surface area contributed by atoms with Crippen LogP contribution in [0.25, 0.3) is 0 Å². The van der Waals surface area contributed by atoms with Crippen LogP contribution in [-0.2, 0) is 10.0 Å². The minimum absolute atomic E-state index is 0.240. The van der Waals surface area contributed by atoms with Crippen molar-refractivity contribution in [2.75, 3.05) is 19.0 Å². The molecule has 1 N–H and O–H groups in total. The highest BCUT2D eigenvalue weighted by atomic mass is 79.9. The van der Waals surface area contributed by atoms with Crippen molar-refractivity contribution in [2.24, 2.45) is 0 Å². The molecule has 0 atom stereocenters. The average Bonchev–Trinajstić information content (AvgIpc) is 2.26. The molecule has 0 heterocycles. The second kappa shape index (κ2) is 5.48. The van der Waals surface area contributed by atoms with Crippen LogP contribution >= 0.6 is 15.9 Å². The van der Waals surface area contributed by atoms with E-state index in [9.17, 15) is 8.42 Å². The minimum Gasteiger partial charge on any atom is -0.497 e. The molecule has 1 aromatic carbocycles. The highest BCUT2D eigenvalue weighted by molar-refractivity contribution is 9.09.